The lowest BCUT2D eigenvalue weighted by molar-refractivity contribution is -0.133. The molecule has 1 amide bonds. The molecule has 0 spiro atoms. The Morgan fingerprint density at radius 2 is 2.00 bits per heavy atom. The third kappa shape index (κ3) is 6.22. The Morgan fingerprint density at radius 3 is 2.71 bits per heavy atom. The molecule has 216 valence electrons. The van der Waals surface area contributed by atoms with Crippen molar-refractivity contribution in [3.05, 3.63) is 69.3 Å². The number of benzene rings is 1. The van der Waals surface area contributed by atoms with Gasteiger partial charge in [0.05, 0.1) is 22.3 Å². The second-order valence-electron chi connectivity index (χ2n) is 9.72. The first-order valence-electron chi connectivity index (χ1n) is 12.9. The fourth-order valence-corrected chi connectivity index (χ4v) is 6.11. The van der Waals surface area contributed by atoms with Crippen molar-refractivity contribution in [1.29, 1.82) is 0 Å². The van der Waals surface area contributed by atoms with Crippen LogP contribution in [0.2, 0.25) is 0 Å². The topological polar surface area (TPSA) is 72.3 Å². The van der Waals surface area contributed by atoms with E-state index in [0.717, 1.165) is 16.3 Å². The van der Waals surface area contributed by atoms with Gasteiger partial charge in [-0.05, 0) is 36.6 Å². The molecule has 5 rings (SSSR count). The number of terminal acetylenes is 1. The Labute approximate surface area is 237 Å². The van der Waals surface area contributed by atoms with Crippen molar-refractivity contribution in [3.63, 3.8) is 0 Å². The molecule has 7 nitrogen and oxygen atoms in total. The van der Waals surface area contributed by atoms with Crippen LogP contribution in [0.1, 0.15) is 71.7 Å². The molecule has 13 heteroatoms. The minimum atomic E-state index is -3.02. The SMILES string of the molecule is C#CCOc1cccc(F)c1C1CC(c2csc(C3CCN(C(=O)Cn4nc(C(F)F)cc4C(F)F)CC3)n2)=CN1. The Kier molecular flexibility index (Phi) is 8.58. The van der Waals surface area contributed by atoms with Gasteiger partial charge in [0.15, 0.2) is 0 Å². The van der Waals surface area contributed by atoms with Crippen LogP contribution in [-0.2, 0) is 11.3 Å². The maximum atomic E-state index is 14.7. The van der Waals surface area contributed by atoms with Gasteiger partial charge in [-0.3, -0.25) is 9.48 Å². The van der Waals surface area contributed by atoms with Crippen molar-refractivity contribution in [2.24, 2.45) is 0 Å². The van der Waals surface area contributed by atoms with E-state index in [2.05, 4.69) is 16.3 Å². The number of likely N-dealkylation sites (tertiary alicyclic amines) is 1. The number of hydrogen-bond acceptors (Lipinski definition) is 6. The first-order valence-corrected chi connectivity index (χ1v) is 13.8. The second kappa shape index (κ2) is 12.3. The van der Waals surface area contributed by atoms with Crippen LogP contribution in [0.3, 0.4) is 0 Å². The van der Waals surface area contributed by atoms with Gasteiger partial charge in [0.25, 0.3) is 12.9 Å². The van der Waals surface area contributed by atoms with Gasteiger partial charge in [0, 0.05) is 37.0 Å². The summed E-state index contributed by atoms with van der Waals surface area (Å²) >= 11 is 1.51. The number of carbonyl (C=O) groups excluding carboxylic acids is 1. The van der Waals surface area contributed by atoms with Gasteiger partial charge in [-0.25, -0.2) is 26.9 Å². The Bertz CT molecular complexity index is 1470. The van der Waals surface area contributed by atoms with Crippen molar-refractivity contribution < 1.29 is 31.5 Å². The summed E-state index contributed by atoms with van der Waals surface area (Å²) in [6, 6.07) is 4.93. The molecule has 0 aliphatic carbocycles. The highest BCUT2D eigenvalue weighted by molar-refractivity contribution is 7.09. The molecule has 41 heavy (non-hydrogen) atoms. The molecular formula is C28H26F5N5O2S. The number of thiazole rings is 1. The molecule has 1 fully saturated rings. The van der Waals surface area contributed by atoms with E-state index in [4.69, 9.17) is 16.1 Å². The predicted octanol–water partition coefficient (Wildman–Crippen LogP) is 5.85. The Hall–Kier alpha value is -3.92. The third-order valence-corrected chi connectivity index (χ3v) is 8.17. The highest BCUT2D eigenvalue weighted by Crippen LogP contribution is 2.39. The van der Waals surface area contributed by atoms with E-state index in [9.17, 15) is 26.7 Å². The van der Waals surface area contributed by atoms with Crippen molar-refractivity contribution in [2.45, 2.75) is 50.6 Å². The number of piperidine rings is 1. The minimum Gasteiger partial charge on any atom is -0.480 e. The van der Waals surface area contributed by atoms with Crippen molar-refractivity contribution in [1.82, 2.24) is 25.0 Å². The summed E-state index contributed by atoms with van der Waals surface area (Å²) in [5.41, 5.74) is 0.630. The van der Waals surface area contributed by atoms with Crippen LogP contribution >= 0.6 is 11.3 Å². The van der Waals surface area contributed by atoms with E-state index < -0.39 is 36.7 Å². The first kappa shape index (κ1) is 28.6. The lowest BCUT2D eigenvalue weighted by Crippen LogP contribution is -2.40. The summed E-state index contributed by atoms with van der Waals surface area (Å²) in [5.74, 6) is 2.03. The third-order valence-electron chi connectivity index (χ3n) is 7.17. The average molecular weight is 592 g/mol. The zero-order valence-electron chi connectivity index (χ0n) is 21.7. The monoisotopic (exact) mass is 591 g/mol. The highest BCUT2D eigenvalue weighted by Gasteiger charge is 2.30. The first-order chi connectivity index (χ1) is 19.7. The summed E-state index contributed by atoms with van der Waals surface area (Å²) < 4.78 is 73.3. The van der Waals surface area contributed by atoms with E-state index in [1.165, 1.54) is 22.3 Å². The molecule has 0 radical (unpaired) electrons. The van der Waals surface area contributed by atoms with Gasteiger partial charge in [-0.15, -0.1) is 17.8 Å². The maximum absolute atomic E-state index is 14.7. The molecule has 0 saturated carbocycles. The highest BCUT2D eigenvalue weighted by atomic mass is 32.1. The van der Waals surface area contributed by atoms with Gasteiger partial charge in [0.2, 0.25) is 5.91 Å². The van der Waals surface area contributed by atoms with Gasteiger partial charge >= 0.3 is 0 Å². The minimum absolute atomic E-state index is 0.0307. The molecule has 1 aromatic carbocycles. The standard InChI is InChI=1S/C28H26F5N5O2S/c1-2-10-40-23-5-3-4-18(29)25(23)19-11-17(13-34-19)21-15-41-28(35-21)16-6-8-37(9-7-16)24(39)14-38-22(27(32)33)12-20(36-38)26(30)31/h1,3-5,12-13,15-16,19,26-27,34H,6-11,14H2. The maximum Gasteiger partial charge on any atom is 0.282 e. The quantitative estimate of drug-likeness (QED) is 0.250. The zero-order valence-corrected chi connectivity index (χ0v) is 22.5. The van der Waals surface area contributed by atoms with E-state index >= 15 is 0 Å². The number of halogens is 5. The lowest BCUT2D eigenvalue weighted by atomic mass is 9.97. The summed E-state index contributed by atoms with van der Waals surface area (Å²) in [4.78, 5) is 19.1. The zero-order chi connectivity index (χ0) is 29.1. The summed E-state index contributed by atoms with van der Waals surface area (Å²) in [6.07, 6.45) is 2.82. The number of amides is 1. The summed E-state index contributed by atoms with van der Waals surface area (Å²) in [5, 5.41) is 9.58. The Balaban J connectivity index is 1.18. The largest absolute Gasteiger partial charge is 0.480 e. The van der Waals surface area contributed by atoms with E-state index in [-0.39, 0.29) is 24.4 Å². The van der Waals surface area contributed by atoms with Crippen LogP contribution in [0.15, 0.2) is 35.8 Å². The van der Waals surface area contributed by atoms with Gasteiger partial charge < -0.3 is 15.0 Å². The summed E-state index contributed by atoms with van der Waals surface area (Å²) in [6.45, 7) is 0.262. The lowest BCUT2D eigenvalue weighted by Gasteiger charge is -2.31. The van der Waals surface area contributed by atoms with Crippen LogP contribution < -0.4 is 10.1 Å². The number of hydrogen-bond donors (Lipinski definition) is 1. The fourth-order valence-electron chi connectivity index (χ4n) is 5.09. The number of nitrogens with one attached hydrogen (secondary N) is 1. The number of ether oxygens (including phenoxy) is 1. The fraction of sp³-hybridized carbons (Fsp3) is 0.393. The smallest absolute Gasteiger partial charge is 0.282 e. The second-order valence-corrected chi connectivity index (χ2v) is 10.6. The van der Waals surface area contributed by atoms with E-state index in [0.29, 0.717) is 54.4 Å². The molecule has 1 unspecified atom stereocenters. The number of nitrogens with zero attached hydrogens (tertiary/aromatic N) is 4. The molecule has 0 bridgehead atoms. The van der Waals surface area contributed by atoms with E-state index in [1.807, 2.05) is 11.6 Å². The Morgan fingerprint density at radius 1 is 1.22 bits per heavy atom. The van der Waals surface area contributed by atoms with Gasteiger partial charge in [-0.2, -0.15) is 5.10 Å². The summed E-state index contributed by atoms with van der Waals surface area (Å²) in [7, 11) is 0. The normalized spacial score (nSPS) is 17.6. The number of rotatable bonds is 9. The molecule has 1 saturated heterocycles. The number of carbonyl (C=O) groups is 1. The number of alkyl halides is 4. The van der Waals surface area contributed by atoms with Crippen LogP contribution in [0.5, 0.6) is 5.75 Å². The van der Waals surface area contributed by atoms with Crippen LogP contribution in [0, 0.1) is 18.2 Å². The molecule has 1 atom stereocenters. The van der Waals surface area contributed by atoms with Gasteiger partial charge in [-0.1, -0.05) is 12.0 Å². The van der Waals surface area contributed by atoms with Gasteiger partial charge in [0.1, 0.15) is 36.1 Å². The molecule has 3 aromatic rings. The van der Waals surface area contributed by atoms with Crippen LogP contribution in [0.25, 0.3) is 5.57 Å². The molecule has 2 aromatic heterocycles. The molecule has 1 N–H and O–H groups in total. The van der Waals surface area contributed by atoms with Crippen molar-refractivity contribution >= 4 is 22.8 Å². The average Bonchev–Trinajstić information content (AvgIpc) is 3.72. The van der Waals surface area contributed by atoms with E-state index in [1.54, 1.807) is 12.1 Å². The molecule has 2 aliphatic heterocycles. The van der Waals surface area contributed by atoms with Crippen LogP contribution in [0.4, 0.5) is 22.0 Å². The molecule has 2 aliphatic rings. The van der Waals surface area contributed by atoms with Crippen molar-refractivity contribution in [3.8, 4) is 18.1 Å². The van der Waals surface area contributed by atoms with Crippen molar-refractivity contribution in [2.75, 3.05) is 19.7 Å². The molecular weight excluding hydrogens is 565 g/mol. The predicted molar refractivity (Wildman–Crippen MR) is 142 cm³/mol. The van der Waals surface area contributed by atoms with Crippen LogP contribution in [-0.4, -0.2) is 45.3 Å². The number of aromatic nitrogens is 3. The molecule has 4 heterocycles.